The first kappa shape index (κ1) is 19.7. The standard InChI is InChI=1S/C20H19F3N2O3/c21-20(22,23)15-2-1-3-17(12-15)28-16-8-10-25(11-9-16)19(27)14-6-4-13(5-7-14)18(24)26/h1-7,12,16H,8-11H2,(H2,24,26). The van der Waals surface area contributed by atoms with Crippen LogP contribution in [0.3, 0.4) is 0 Å². The quantitative estimate of drug-likeness (QED) is 0.866. The molecule has 1 aliphatic rings. The molecule has 0 atom stereocenters. The molecule has 1 fully saturated rings. The van der Waals surface area contributed by atoms with Gasteiger partial charge in [-0.3, -0.25) is 9.59 Å². The molecule has 1 heterocycles. The van der Waals surface area contributed by atoms with Crippen LogP contribution in [0, 0.1) is 0 Å². The Balaban J connectivity index is 1.57. The Hall–Kier alpha value is -3.03. The number of amides is 2. The minimum atomic E-state index is -4.42. The molecule has 2 aromatic rings. The van der Waals surface area contributed by atoms with Gasteiger partial charge in [0.25, 0.3) is 5.91 Å². The molecule has 0 aromatic heterocycles. The van der Waals surface area contributed by atoms with Crippen LogP contribution >= 0.6 is 0 Å². The minimum Gasteiger partial charge on any atom is -0.490 e. The number of hydrogen-bond donors (Lipinski definition) is 1. The highest BCUT2D eigenvalue weighted by Crippen LogP contribution is 2.32. The molecule has 5 nitrogen and oxygen atoms in total. The predicted octanol–water partition coefficient (Wildman–Crippen LogP) is 3.49. The van der Waals surface area contributed by atoms with Gasteiger partial charge in [-0.1, -0.05) is 6.07 Å². The van der Waals surface area contributed by atoms with E-state index in [4.69, 9.17) is 10.5 Å². The van der Waals surface area contributed by atoms with E-state index in [2.05, 4.69) is 0 Å². The molecular formula is C20H19F3N2O3. The molecule has 8 heteroatoms. The molecule has 1 aliphatic heterocycles. The van der Waals surface area contributed by atoms with Gasteiger partial charge in [-0.2, -0.15) is 13.2 Å². The number of carbonyl (C=O) groups is 2. The second-order valence-electron chi connectivity index (χ2n) is 6.58. The van der Waals surface area contributed by atoms with Gasteiger partial charge in [-0.25, -0.2) is 0 Å². The number of carbonyl (C=O) groups excluding carboxylic acids is 2. The summed E-state index contributed by atoms with van der Waals surface area (Å²) >= 11 is 0. The third-order valence-corrected chi connectivity index (χ3v) is 4.61. The molecule has 3 rings (SSSR count). The lowest BCUT2D eigenvalue weighted by atomic mass is 10.1. The zero-order valence-electron chi connectivity index (χ0n) is 14.9. The SMILES string of the molecule is NC(=O)c1ccc(C(=O)N2CCC(Oc3cccc(C(F)(F)F)c3)CC2)cc1. The van der Waals surface area contributed by atoms with Crippen LogP contribution in [0.5, 0.6) is 5.75 Å². The Morgan fingerprint density at radius 3 is 2.18 bits per heavy atom. The number of nitrogens with two attached hydrogens (primary N) is 1. The summed E-state index contributed by atoms with van der Waals surface area (Å²) in [6.45, 7) is 0.861. The third kappa shape index (κ3) is 4.62. The van der Waals surface area contributed by atoms with E-state index < -0.39 is 17.6 Å². The van der Waals surface area contributed by atoms with Gasteiger partial charge >= 0.3 is 6.18 Å². The predicted molar refractivity (Wildman–Crippen MR) is 96.0 cm³/mol. The molecule has 0 bridgehead atoms. The molecule has 148 valence electrons. The fraction of sp³-hybridized carbons (Fsp3) is 0.300. The van der Waals surface area contributed by atoms with Crippen molar-refractivity contribution >= 4 is 11.8 Å². The van der Waals surface area contributed by atoms with E-state index in [0.717, 1.165) is 12.1 Å². The van der Waals surface area contributed by atoms with E-state index in [9.17, 15) is 22.8 Å². The van der Waals surface area contributed by atoms with Gasteiger partial charge in [0.2, 0.25) is 5.91 Å². The molecule has 2 amide bonds. The maximum atomic E-state index is 12.8. The summed E-state index contributed by atoms with van der Waals surface area (Å²) in [6.07, 6.45) is -3.65. The van der Waals surface area contributed by atoms with Crippen LogP contribution in [0.15, 0.2) is 48.5 Å². The van der Waals surface area contributed by atoms with E-state index >= 15 is 0 Å². The maximum absolute atomic E-state index is 12.8. The average molecular weight is 392 g/mol. The summed E-state index contributed by atoms with van der Waals surface area (Å²) in [4.78, 5) is 25.3. The number of benzene rings is 2. The average Bonchev–Trinajstić information content (AvgIpc) is 2.68. The first-order chi connectivity index (χ1) is 13.2. The van der Waals surface area contributed by atoms with Crippen LogP contribution < -0.4 is 10.5 Å². The molecule has 0 radical (unpaired) electrons. The molecule has 2 aromatic carbocycles. The Kier molecular flexibility index (Phi) is 5.58. The minimum absolute atomic E-state index is 0.168. The molecule has 1 saturated heterocycles. The number of hydrogen-bond acceptors (Lipinski definition) is 3. The summed E-state index contributed by atoms with van der Waals surface area (Å²) in [5.74, 6) is -0.568. The topological polar surface area (TPSA) is 72.6 Å². The number of rotatable bonds is 4. The molecule has 0 aliphatic carbocycles. The lowest BCUT2D eigenvalue weighted by Crippen LogP contribution is -2.41. The lowest BCUT2D eigenvalue weighted by Gasteiger charge is -2.32. The molecule has 28 heavy (non-hydrogen) atoms. The Labute approximate surface area is 159 Å². The highest BCUT2D eigenvalue weighted by atomic mass is 19.4. The Bertz CT molecular complexity index is 858. The van der Waals surface area contributed by atoms with Gasteiger partial charge in [-0.15, -0.1) is 0 Å². The van der Waals surface area contributed by atoms with Gasteiger partial charge < -0.3 is 15.4 Å². The lowest BCUT2D eigenvalue weighted by molar-refractivity contribution is -0.137. The number of halogens is 3. The van der Waals surface area contributed by atoms with E-state index in [1.807, 2.05) is 0 Å². The Morgan fingerprint density at radius 2 is 1.61 bits per heavy atom. The van der Waals surface area contributed by atoms with E-state index in [0.29, 0.717) is 37.1 Å². The van der Waals surface area contributed by atoms with Crippen molar-refractivity contribution in [1.29, 1.82) is 0 Å². The van der Waals surface area contributed by atoms with Crippen molar-refractivity contribution in [3.8, 4) is 5.75 Å². The van der Waals surface area contributed by atoms with Gasteiger partial charge in [0.15, 0.2) is 0 Å². The summed E-state index contributed by atoms with van der Waals surface area (Å²) in [5, 5.41) is 0. The fourth-order valence-electron chi connectivity index (χ4n) is 3.07. The largest absolute Gasteiger partial charge is 0.490 e. The summed E-state index contributed by atoms with van der Waals surface area (Å²) < 4.78 is 44.1. The maximum Gasteiger partial charge on any atom is 0.416 e. The molecule has 2 N–H and O–H groups in total. The number of ether oxygens (including phenoxy) is 1. The fourth-order valence-corrected chi connectivity index (χ4v) is 3.07. The monoisotopic (exact) mass is 392 g/mol. The highest BCUT2D eigenvalue weighted by molar-refractivity contribution is 5.97. The highest BCUT2D eigenvalue weighted by Gasteiger charge is 2.31. The first-order valence-corrected chi connectivity index (χ1v) is 8.77. The molecule has 0 unspecified atom stereocenters. The number of piperidine rings is 1. The van der Waals surface area contributed by atoms with Crippen LogP contribution in [0.2, 0.25) is 0 Å². The van der Waals surface area contributed by atoms with Gasteiger partial charge in [-0.05, 0) is 42.5 Å². The summed E-state index contributed by atoms with van der Waals surface area (Å²) in [6, 6.07) is 10.9. The first-order valence-electron chi connectivity index (χ1n) is 8.77. The number of nitrogens with zero attached hydrogens (tertiary/aromatic N) is 1. The van der Waals surface area contributed by atoms with E-state index in [-0.39, 0.29) is 17.8 Å². The van der Waals surface area contributed by atoms with Crippen LogP contribution in [0.25, 0.3) is 0 Å². The van der Waals surface area contributed by atoms with Crippen LogP contribution in [-0.2, 0) is 6.18 Å². The number of likely N-dealkylation sites (tertiary alicyclic amines) is 1. The molecular weight excluding hydrogens is 373 g/mol. The summed E-state index contributed by atoms with van der Waals surface area (Å²) in [7, 11) is 0. The van der Waals surface area contributed by atoms with Crippen molar-refractivity contribution in [2.24, 2.45) is 5.73 Å². The number of alkyl halides is 3. The van der Waals surface area contributed by atoms with Crippen molar-refractivity contribution in [3.05, 3.63) is 65.2 Å². The second-order valence-corrected chi connectivity index (χ2v) is 6.58. The van der Waals surface area contributed by atoms with Crippen molar-refractivity contribution < 1.29 is 27.5 Å². The van der Waals surface area contributed by atoms with Gasteiger partial charge in [0.05, 0.1) is 5.56 Å². The van der Waals surface area contributed by atoms with Gasteiger partial charge in [0.1, 0.15) is 11.9 Å². The third-order valence-electron chi connectivity index (χ3n) is 4.61. The smallest absolute Gasteiger partial charge is 0.416 e. The Morgan fingerprint density at radius 1 is 1.00 bits per heavy atom. The zero-order chi connectivity index (χ0) is 20.3. The number of primary amides is 1. The summed E-state index contributed by atoms with van der Waals surface area (Å²) in [5.41, 5.74) is 5.20. The zero-order valence-corrected chi connectivity index (χ0v) is 14.9. The van der Waals surface area contributed by atoms with Crippen molar-refractivity contribution in [3.63, 3.8) is 0 Å². The van der Waals surface area contributed by atoms with Crippen molar-refractivity contribution in [1.82, 2.24) is 4.90 Å². The van der Waals surface area contributed by atoms with Crippen LogP contribution in [0.1, 0.15) is 39.1 Å². The van der Waals surface area contributed by atoms with Crippen molar-refractivity contribution in [2.75, 3.05) is 13.1 Å². The van der Waals surface area contributed by atoms with Crippen LogP contribution in [-0.4, -0.2) is 35.9 Å². The molecule has 0 spiro atoms. The normalized spacial score (nSPS) is 15.3. The second kappa shape index (κ2) is 7.92. The molecule has 0 saturated carbocycles. The van der Waals surface area contributed by atoms with E-state index in [1.165, 1.54) is 24.3 Å². The van der Waals surface area contributed by atoms with E-state index in [1.54, 1.807) is 17.0 Å². The van der Waals surface area contributed by atoms with Crippen molar-refractivity contribution in [2.45, 2.75) is 25.1 Å². The van der Waals surface area contributed by atoms with Gasteiger partial charge in [0, 0.05) is 37.1 Å². The van der Waals surface area contributed by atoms with Crippen LogP contribution in [0.4, 0.5) is 13.2 Å².